The van der Waals surface area contributed by atoms with E-state index in [1.165, 1.54) is 12.7 Å². The van der Waals surface area contributed by atoms with Crippen molar-refractivity contribution in [2.24, 2.45) is 0 Å². The van der Waals surface area contributed by atoms with Crippen LogP contribution < -0.4 is 15.8 Å². The maximum atomic E-state index is 13.4. The number of carbonyl (C=O) groups is 2. The number of nitrogens with one attached hydrogen (secondary N) is 1. The number of ether oxygens (including phenoxy) is 1. The van der Waals surface area contributed by atoms with E-state index in [9.17, 15) is 9.59 Å². The van der Waals surface area contributed by atoms with Gasteiger partial charge in [-0.05, 0) is 42.7 Å². The van der Waals surface area contributed by atoms with Crippen molar-refractivity contribution in [3.63, 3.8) is 0 Å². The number of anilines is 2. The molecule has 0 unspecified atom stereocenters. The van der Waals surface area contributed by atoms with Crippen molar-refractivity contribution in [2.75, 3.05) is 18.2 Å². The number of benzene rings is 2. The molecular weight excluding hydrogens is 414 g/mol. The van der Waals surface area contributed by atoms with E-state index in [0.717, 1.165) is 19.3 Å². The first-order valence-corrected chi connectivity index (χ1v) is 11.0. The Labute approximate surface area is 193 Å². The molecule has 0 aliphatic heterocycles. The largest absolute Gasteiger partial charge is 0.495 e. The molecule has 0 saturated heterocycles. The van der Waals surface area contributed by atoms with Crippen molar-refractivity contribution in [3.05, 3.63) is 95.3 Å². The number of pyridine rings is 1. The zero-order valence-corrected chi connectivity index (χ0v) is 18.8. The Morgan fingerprint density at radius 2 is 1.73 bits per heavy atom. The number of carbonyl (C=O) groups excluding carboxylic acids is 2. The molecule has 0 radical (unpaired) electrons. The average Bonchev–Trinajstić information content (AvgIpc) is 3.14. The Morgan fingerprint density at radius 1 is 1.00 bits per heavy atom. The first-order valence-electron chi connectivity index (χ1n) is 11.0. The van der Waals surface area contributed by atoms with Crippen LogP contribution in [-0.2, 0) is 6.42 Å². The Kier molecular flexibility index (Phi) is 6.45. The van der Waals surface area contributed by atoms with E-state index in [2.05, 4.69) is 12.2 Å². The highest BCUT2D eigenvalue weighted by Crippen LogP contribution is 2.31. The van der Waals surface area contributed by atoms with Gasteiger partial charge in [-0.2, -0.15) is 0 Å². The van der Waals surface area contributed by atoms with Crippen LogP contribution in [0.3, 0.4) is 0 Å². The third kappa shape index (κ3) is 4.32. The van der Waals surface area contributed by atoms with Gasteiger partial charge >= 0.3 is 0 Å². The lowest BCUT2D eigenvalue weighted by Crippen LogP contribution is -2.14. The summed E-state index contributed by atoms with van der Waals surface area (Å²) < 4.78 is 7.01. The fraction of sp³-hybridized carbons (Fsp3) is 0.185. The summed E-state index contributed by atoms with van der Waals surface area (Å²) >= 11 is 0. The number of amides is 1. The first kappa shape index (κ1) is 22.1. The van der Waals surface area contributed by atoms with Gasteiger partial charge in [0.2, 0.25) is 5.78 Å². The number of nitrogen functional groups attached to an aromatic ring is 1. The van der Waals surface area contributed by atoms with Gasteiger partial charge in [0.15, 0.2) is 0 Å². The molecule has 168 valence electrons. The maximum absolute atomic E-state index is 13.4. The summed E-state index contributed by atoms with van der Waals surface area (Å²) in [4.78, 5) is 26.7. The summed E-state index contributed by atoms with van der Waals surface area (Å²) in [6.45, 7) is 2.15. The number of hydrogen-bond acceptors (Lipinski definition) is 4. The molecule has 3 N–H and O–H groups in total. The minimum atomic E-state index is -0.408. The first-order chi connectivity index (χ1) is 16.0. The van der Waals surface area contributed by atoms with Crippen molar-refractivity contribution in [1.82, 2.24) is 4.40 Å². The van der Waals surface area contributed by atoms with Crippen LogP contribution in [0.1, 0.15) is 51.7 Å². The fourth-order valence-electron chi connectivity index (χ4n) is 3.97. The molecule has 4 rings (SSSR count). The summed E-state index contributed by atoms with van der Waals surface area (Å²) in [7, 11) is 1.54. The number of unbranched alkanes of at least 4 members (excludes halogenated alkanes) is 1. The van der Waals surface area contributed by atoms with Crippen LogP contribution in [0.4, 0.5) is 11.4 Å². The van der Waals surface area contributed by atoms with Crippen LogP contribution in [0.15, 0.2) is 72.9 Å². The Hall–Kier alpha value is -4.06. The smallest absolute Gasteiger partial charge is 0.260 e. The molecule has 2 aromatic carbocycles. The molecule has 6 heteroatoms. The maximum Gasteiger partial charge on any atom is 0.260 e. The monoisotopic (exact) mass is 441 g/mol. The minimum absolute atomic E-state index is 0.147. The van der Waals surface area contributed by atoms with Crippen molar-refractivity contribution in [3.8, 4) is 5.75 Å². The molecular formula is C27H27N3O3. The molecule has 0 spiro atoms. The van der Waals surface area contributed by atoms with Crippen molar-refractivity contribution < 1.29 is 14.3 Å². The van der Waals surface area contributed by atoms with Crippen LogP contribution >= 0.6 is 0 Å². The summed E-state index contributed by atoms with van der Waals surface area (Å²) in [5.74, 6) is -0.103. The van der Waals surface area contributed by atoms with Gasteiger partial charge in [-0.1, -0.05) is 55.8 Å². The fourth-order valence-corrected chi connectivity index (χ4v) is 3.97. The van der Waals surface area contributed by atoms with Crippen LogP contribution in [0.2, 0.25) is 0 Å². The molecule has 0 bridgehead atoms. The lowest BCUT2D eigenvalue weighted by atomic mass is 10.0. The molecule has 33 heavy (non-hydrogen) atoms. The summed E-state index contributed by atoms with van der Waals surface area (Å²) in [5.41, 5.74) is 9.92. The Bertz CT molecular complexity index is 1310. The highest BCUT2D eigenvalue weighted by Gasteiger charge is 2.26. The SMILES string of the molecule is CCCCc1ccc(C(=O)c2c(N)c(C(=O)Nc3ccccc3OC)c3ccccn23)cc1. The molecule has 0 fully saturated rings. The molecule has 4 aromatic rings. The van der Waals surface area contributed by atoms with Gasteiger partial charge in [-0.3, -0.25) is 9.59 Å². The molecule has 0 aliphatic rings. The minimum Gasteiger partial charge on any atom is -0.495 e. The molecule has 0 atom stereocenters. The van der Waals surface area contributed by atoms with E-state index < -0.39 is 5.91 Å². The average molecular weight is 442 g/mol. The van der Waals surface area contributed by atoms with Crippen LogP contribution in [0, 0.1) is 0 Å². The number of aryl methyl sites for hydroxylation is 1. The number of nitrogens with two attached hydrogens (primary N) is 1. The van der Waals surface area contributed by atoms with E-state index >= 15 is 0 Å². The molecule has 2 aromatic heterocycles. The second kappa shape index (κ2) is 9.61. The number of ketones is 1. The summed E-state index contributed by atoms with van der Waals surface area (Å²) in [5, 5.41) is 2.86. The van der Waals surface area contributed by atoms with Crippen molar-refractivity contribution in [1.29, 1.82) is 0 Å². The number of rotatable bonds is 8. The van der Waals surface area contributed by atoms with Gasteiger partial charge in [0.25, 0.3) is 5.91 Å². The normalized spacial score (nSPS) is 10.8. The molecule has 0 saturated carbocycles. The van der Waals surface area contributed by atoms with E-state index in [1.54, 1.807) is 40.9 Å². The number of aromatic nitrogens is 1. The Morgan fingerprint density at radius 3 is 2.45 bits per heavy atom. The zero-order valence-electron chi connectivity index (χ0n) is 18.8. The lowest BCUT2D eigenvalue weighted by molar-refractivity contribution is 0.102. The molecule has 6 nitrogen and oxygen atoms in total. The van der Waals surface area contributed by atoms with Gasteiger partial charge < -0.3 is 20.2 Å². The van der Waals surface area contributed by atoms with Crippen molar-refractivity contribution >= 4 is 28.6 Å². The number of para-hydroxylation sites is 2. The number of hydrogen-bond donors (Lipinski definition) is 2. The van der Waals surface area contributed by atoms with E-state index in [1.807, 2.05) is 36.4 Å². The second-order valence-corrected chi connectivity index (χ2v) is 7.88. The van der Waals surface area contributed by atoms with Gasteiger partial charge in [0.05, 0.1) is 29.6 Å². The number of nitrogens with zero attached hydrogens (tertiary/aromatic N) is 1. The van der Waals surface area contributed by atoms with Crippen molar-refractivity contribution in [2.45, 2.75) is 26.2 Å². The van der Waals surface area contributed by atoms with Gasteiger partial charge in [-0.15, -0.1) is 0 Å². The molecule has 1 amide bonds. The van der Waals surface area contributed by atoms with Crippen LogP contribution in [0.5, 0.6) is 5.75 Å². The number of methoxy groups -OCH3 is 1. The third-order valence-electron chi connectivity index (χ3n) is 5.71. The van der Waals surface area contributed by atoms with Gasteiger partial charge in [-0.25, -0.2) is 0 Å². The number of fused-ring (bicyclic) bond motifs is 1. The van der Waals surface area contributed by atoms with E-state index in [0.29, 0.717) is 22.5 Å². The van der Waals surface area contributed by atoms with Gasteiger partial charge in [0.1, 0.15) is 11.4 Å². The van der Waals surface area contributed by atoms with Gasteiger partial charge in [0, 0.05) is 11.8 Å². The quantitative estimate of drug-likeness (QED) is 0.361. The summed E-state index contributed by atoms with van der Waals surface area (Å²) in [6.07, 6.45) is 4.95. The van der Waals surface area contributed by atoms with E-state index in [-0.39, 0.29) is 22.7 Å². The summed E-state index contributed by atoms with van der Waals surface area (Å²) in [6, 6.07) is 20.1. The predicted octanol–water partition coefficient (Wildman–Crippen LogP) is 5.36. The lowest BCUT2D eigenvalue weighted by Gasteiger charge is -2.10. The second-order valence-electron chi connectivity index (χ2n) is 7.88. The third-order valence-corrected chi connectivity index (χ3v) is 5.71. The standard InChI is InChI=1S/C27H27N3O3/c1-3-4-9-18-13-15-19(16-14-18)26(31)25-24(28)23(21-11-7-8-17-30(21)25)27(32)29-20-10-5-6-12-22(20)33-2/h5-8,10-17H,3-4,9,28H2,1-2H3,(H,29,32). The highest BCUT2D eigenvalue weighted by molar-refractivity contribution is 6.20. The van der Waals surface area contributed by atoms with Crippen LogP contribution in [-0.4, -0.2) is 23.2 Å². The molecule has 2 heterocycles. The van der Waals surface area contributed by atoms with Crippen LogP contribution in [0.25, 0.3) is 5.52 Å². The Balaban J connectivity index is 1.73. The highest BCUT2D eigenvalue weighted by atomic mass is 16.5. The topological polar surface area (TPSA) is 85.8 Å². The van der Waals surface area contributed by atoms with E-state index in [4.69, 9.17) is 10.5 Å². The molecule has 0 aliphatic carbocycles. The zero-order chi connectivity index (χ0) is 23.4. The predicted molar refractivity (Wildman–Crippen MR) is 131 cm³/mol.